The summed E-state index contributed by atoms with van der Waals surface area (Å²) in [6.45, 7) is 3.31. The molecule has 1 amide bonds. The summed E-state index contributed by atoms with van der Waals surface area (Å²) in [5.41, 5.74) is -0.199. The van der Waals surface area contributed by atoms with E-state index < -0.39 is 21.8 Å². The minimum atomic E-state index is -1.31. The Labute approximate surface area is 235 Å². The maximum Gasteiger partial charge on any atom is 0.251 e. The molecule has 1 spiro atoms. The van der Waals surface area contributed by atoms with Crippen LogP contribution in [0.5, 0.6) is 0 Å². The fourth-order valence-corrected chi connectivity index (χ4v) is 8.41. The smallest absolute Gasteiger partial charge is 0.251 e. The van der Waals surface area contributed by atoms with E-state index in [0.29, 0.717) is 35.9 Å². The highest BCUT2D eigenvalue weighted by molar-refractivity contribution is 7.84. The Balaban J connectivity index is 1.38. The van der Waals surface area contributed by atoms with Crippen LogP contribution in [-0.4, -0.2) is 49.6 Å². The molecule has 3 aliphatic rings. The van der Waals surface area contributed by atoms with Gasteiger partial charge in [0.05, 0.1) is 27.8 Å². The van der Waals surface area contributed by atoms with E-state index in [1.165, 1.54) is 32.1 Å². The predicted octanol–water partition coefficient (Wildman–Crippen LogP) is 5.38. The summed E-state index contributed by atoms with van der Waals surface area (Å²) >= 11 is 0. The molecular weight excluding hydrogens is 508 g/mol. The van der Waals surface area contributed by atoms with Gasteiger partial charge in [-0.3, -0.25) is 13.8 Å². The van der Waals surface area contributed by atoms with Crippen LogP contribution in [0.25, 0.3) is 11.1 Å². The van der Waals surface area contributed by atoms with Gasteiger partial charge in [0.15, 0.2) is 0 Å². The normalized spacial score (nSPS) is 25.1. The van der Waals surface area contributed by atoms with Gasteiger partial charge in [0, 0.05) is 48.5 Å². The lowest BCUT2D eigenvalue weighted by Crippen LogP contribution is -2.62. The largest absolute Gasteiger partial charge is 0.387 e. The first kappa shape index (κ1) is 28.3. The lowest BCUT2D eigenvalue weighted by molar-refractivity contribution is -0.163. The van der Waals surface area contributed by atoms with Crippen molar-refractivity contribution in [1.29, 1.82) is 0 Å². The van der Waals surface area contributed by atoms with Crippen molar-refractivity contribution in [3.63, 3.8) is 0 Å². The molecule has 2 heterocycles. The Morgan fingerprint density at radius 3 is 2.44 bits per heavy atom. The van der Waals surface area contributed by atoms with Crippen LogP contribution in [0.15, 0.2) is 52.3 Å². The summed E-state index contributed by atoms with van der Waals surface area (Å²) < 4.78 is 14.3. The number of piperidine rings is 1. The summed E-state index contributed by atoms with van der Waals surface area (Å²) in [7, 11) is -1.31. The zero-order chi connectivity index (χ0) is 27.6. The second kappa shape index (κ2) is 11.7. The van der Waals surface area contributed by atoms with Crippen molar-refractivity contribution in [3.05, 3.63) is 52.9 Å². The lowest BCUT2D eigenvalue weighted by atomic mass is 9.65. The van der Waals surface area contributed by atoms with E-state index >= 15 is 0 Å². The van der Waals surface area contributed by atoms with Crippen LogP contribution in [0.3, 0.4) is 0 Å². The number of aromatic nitrogens is 1. The maximum atomic E-state index is 13.6. The van der Waals surface area contributed by atoms with E-state index in [-0.39, 0.29) is 23.9 Å². The first-order valence-corrected chi connectivity index (χ1v) is 16.4. The Morgan fingerprint density at radius 2 is 1.77 bits per heavy atom. The summed E-state index contributed by atoms with van der Waals surface area (Å²) in [5.74, 6) is 0.888. The van der Waals surface area contributed by atoms with Gasteiger partial charge >= 0.3 is 0 Å². The summed E-state index contributed by atoms with van der Waals surface area (Å²) in [6, 6.07) is 11.1. The SMILES string of the molecule is CC(CC1CCCCC1)C(=O)N1CCC(O)(Cn2cc(S(C)=O)c(-c3ccccc3)cc2=O)C2(CCCC2)C1. The number of benzene rings is 1. The average molecular weight is 553 g/mol. The number of pyridine rings is 1. The molecule has 3 unspecified atom stereocenters. The van der Waals surface area contributed by atoms with Gasteiger partial charge in [-0.1, -0.05) is 82.2 Å². The number of hydrogen-bond donors (Lipinski definition) is 1. The zero-order valence-corrected chi connectivity index (χ0v) is 24.4. The standard InChI is InChI=1S/C32H44N2O4S/c1-24(19-25-11-5-3-6-12-25)30(36)33-18-17-32(37,31(22-33)15-9-10-16-31)23-34-21-28(39(2)38)27(20-29(34)35)26-13-7-4-8-14-26/h4,7-8,13-14,20-21,24-25,37H,3,5-6,9-12,15-19,22-23H2,1-2H3. The van der Waals surface area contributed by atoms with Crippen LogP contribution >= 0.6 is 0 Å². The van der Waals surface area contributed by atoms with E-state index in [1.54, 1.807) is 23.1 Å². The van der Waals surface area contributed by atoms with Crippen molar-refractivity contribution >= 4 is 16.7 Å². The van der Waals surface area contributed by atoms with Crippen molar-refractivity contribution in [2.24, 2.45) is 17.3 Å². The number of nitrogens with zero attached hydrogens (tertiary/aromatic N) is 2. The van der Waals surface area contributed by atoms with Crippen LogP contribution < -0.4 is 5.56 Å². The van der Waals surface area contributed by atoms with E-state index in [4.69, 9.17) is 0 Å². The number of hydrogen-bond acceptors (Lipinski definition) is 4. The molecular formula is C32H44N2O4S. The minimum absolute atomic E-state index is 0.00740. The number of likely N-dealkylation sites (tertiary alicyclic amines) is 1. The first-order valence-electron chi connectivity index (χ1n) is 14.9. The van der Waals surface area contributed by atoms with Crippen molar-refractivity contribution in [2.75, 3.05) is 19.3 Å². The number of carbonyl (C=O) groups excluding carboxylic acids is 1. The molecule has 2 aliphatic carbocycles. The average Bonchev–Trinajstić information content (AvgIpc) is 3.42. The van der Waals surface area contributed by atoms with Crippen LogP contribution in [0.4, 0.5) is 0 Å². The van der Waals surface area contributed by atoms with Crippen molar-refractivity contribution < 1.29 is 14.1 Å². The van der Waals surface area contributed by atoms with E-state index in [1.807, 2.05) is 35.2 Å². The van der Waals surface area contributed by atoms with E-state index in [9.17, 15) is 18.9 Å². The summed E-state index contributed by atoms with van der Waals surface area (Å²) in [4.78, 5) is 29.5. The molecule has 2 saturated carbocycles. The molecule has 3 atom stereocenters. The molecule has 1 saturated heterocycles. The second-order valence-corrected chi connectivity index (χ2v) is 13.9. The van der Waals surface area contributed by atoms with Gasteiger partial charge in [0.25, 0.3) is 5.56 Å². The fraction of sp³-hybridized carbons (Fsp3) is 0.625. The highest BCUT2D eigenvalue weighted by Gasteiger charge is 2.55. The second-order valence-electron chi connectivity index (χ2n) is 12.5. The molecule has 5 rings (SSSR count). The van der Waals surface area contributed by atoms with Gasteiger partial charge in [-0.15, -0.1) is 0 Å². The maximum absolute atomic E-state index is 13.6. The van der Waals surface area contributed by atoms with E-state index in [2.05, 4.69) is 6.92 Å². The van der Waals surface area contributed by atoms with Crippen molar-refractivity contribution in [2.45, 2.75) is 94.6 Å². The Hall–Kier alpha value is -2.25. The quantitative estimate of drug-likeness (QED) is 0.500. The third-order valence-electron chi connectivity index (χ3n) is 9.90. The molecule has 0 radical (unpaired) electrons. The zero-order valence-electron chi connectivity index (χ0n) is 23.6. The third kappa shape index (κ3) is 5.81. The number of carbonyl (C=O) groups is 1. The summed E-state index contributed by atoms with van der Waals surface area (Å²) in [6.07, 6.45) is 14.8. The highest BCUT2D eigenvalue weighted by Crippen LogP contribution is 2.52. The lowest BCUT2D eigenvalue weighted by Gasteiger charge is -2.53. The highest BCUT2D eigenvalue weighted by atomic mass is 32.2. The molecule has 2 aromatic rings. The monoisotopic (exact) mass is 552 g/mol. The van der Waals surface area contributed by atoms with E-state index in [0.717, 1.165) is 37.7 Å². The van der Waals surface area contributed by atoms with Crippen LogP contribution in [0.2, 0.25) is 0 Å². The molecule has 0 bridgehead atoms. The van der Waals surface area contributed by atoms with Gasteiger partial charge in [0.2, 0.25) is 5.91 Å². The molecule has 1 aromatic heterocycles. The van der Waals surface area contributed by atoms with Gasteiger partial charge < -0.3 is 14.6 Å². The Morgan fingerprint density at radius 1 is 1.08 bits per heavy atom. The Kier molecular flexibility index (Phi) is 8.48. The van der Waals surface area contributed by atoms with Gasteiger partial charge in [-0.25, -0.2) is 0 Å². The molecule has 212 valence electrons. The number of amides is 1. The van der Waals surface area contributed by atoms with Gasteiger partial charge in [-0.05, 0) is 37.2 Å². The van der Waals surface area contributed by atoms with Crippen molar-refractivity contribution in [1.82, 2.24) is 9.47 Å². The minimum Gasteiger partial charge on any atom is -0.387 e. The van der Waals surface area contributed by atoms with Gasteiger partial charge in [-0.2, -0.15) is 0 Å². The molecule has 7 heteroatoms. The molecule has 1 aliphatic heterocycles. The van der Waals surface area contributed by atoms with Crippen LogP contribution in [0.1, 0.15) is 77.6 Å². The molecule has 6 nitrogen and oxygen atoms in total. The first-order chi connectivity index (χ1) is 18.7. The number of rotatable bonds is 7. The van der Waals surface area contributed by atoms with Crippen LogP contribution in [0, 0.1) is 17.3 Å². The topological polar surface area (TPSA) is 79.6 Å². The molecule has 39 heavy (non-hydrogen) atoms. The van der Waals surface area contributed by atoms with Crippen molar-refractivity contribution in [3.8, 4) is 11.1 Å². The molecule has 3 fully saturated rings. The van der Waals surface area contributed by atoms with Crippen LogP contribution in [-0.2, 0) is 22.1 Å². The molecule has 1 aromatic carbocycles. The number of aliphatic hydroxyl groups is 1. The third-order valence-corrected chi connectivity index (χ3v) is 10.8. The molecule has 1 N–H and O–H groups in total. The predicted molar refractivity (Wildman–Crippen MR) is 156 cm³/mol. The Bertz CT molecular complexity index is 1250. The fourth-order valence-electron chi connectivity index (χ4n) is 7.65. The summed E-state index contributed by atoms with van der Waals surface area (Å²) in [5, 5.41) is 12.2. The van der Waals surface area contributed by atoms with Gasteiger partial charge in [0.1, 0.15) is 0 Å².